The lowest BCUT2D eigenvalue weighted by Gasteiger charge is -2.46. The van der Waals surface area contributed by atoms with Crippen LogP contribution in [0.5, 0.6) is 5.75 Å². The Balaban J connectivity index is 1.68. The van der Waals surface area contributed by atoms with Gasteiger partial charge in [-0.1, -0.05) is 19.1 Å². The van der Waals surface area contributed by atoms with Gasteiger partial charge in [-0.15, -0.1) is 0 Å². The molecule has 3 aliphatic heterocycles. The third-order valence-electron chi connectivity index (χ3n) is 6.00. The minimum atomic E-state index is -0.431. The van der Waals surface area contributed by atoms with Crippen molar-refractivity contribution in [1.29, 1.82) is 0 Å². The largest absolute Gasteiger partial charge is 0.495 e. The van der Waals surface area contributed by atoms with E-state index in [1.807, 2.05) is 24.3 Å². The number of carbonyl (C=O) groups excluding carboxylic acids is 2. The SMILES string of the molecule is COCCN1C(=O)C2C(NC3N(c4ccccc4OC)CC(C)CN23)N(C)C1=O. The van der Waals surface area contributed by atoms with Crippen LogP contribution in [0.4, 0.5) is 10.5 Å². The van der Waals surface area contributed by atoms with Gasteiger partial charge in [-0.2, -0.15) is 0 Å². The van der Waals surface area contributed by atoms with Crippen LogP contribution >= 0.6 is 0 Å². The highest BCUT2D eigenvalue weighted by atomic mass is 16.5. The normalized spacial score (nSPS) is 29.9. The molecule has 9 nitrogen and oxygen atoms in total. The van der Waals surface area contributed by atoms with Crippen LogP contribution in [-0.2, 0) is 9.53 Å². The number of ether oxygens (including phenoxy) is 2. The fraction of sp³-hybridized carbons (Fsp3) is 0.600. The van der Waals surface area contributed by atoms with Gasteiger partial charge in [0.25, 0.3) is 5.91 Å². The monoisotopic (exact) mass is 403 g/mol. The Morgan fingerprint density at radius 3 is 2.66 bits per heavy atom. The topological polar surface area (TPSA) is 77.6 Å². The summed E-state index contributed by atoms with van der Waals surface area (Å²) in [5, 5.41) is 3.53. The Bertz CT molecular complexity index is 790. The number of urea groups is 1. The van der Waals surface area contributed by atoms with Crippen LogP contribution in [-0.4, -0.2) is 92.6 Å². The molecule has 9 heteroatoms. The maximum atomic E-state index is 13.3. The number of benzene rings is 1. The second kappa shape index (κ2) is 7.81. The third kappa shape index (κ3) is 3.23. The highest BCUT2D eigenvalue weighted by Gasteiger charge is 2.56. The van der Waals surface area contributed by atoms with Gasteiger partial charge < -0.3 is 19.3 Å². The zero-order chi connectivity index (χ0) is 20.7. The maximum absolute atomic E-state index is 13.3. The van der Waals surface area contributed by atoms with E-state index in [-0.39, 0.29) is 30.9 Å². The smallest absolute Gasteiger partial charge is 0.327 e. The standard InChI is InChI=1S/C20H29N5O4/c1-13-11-24(14-7-5-6-8-15(14)29-4)19-21-17-16(25(19)12-13)18(26)23(9-10-28-3)20(27)22(17)2/h5-8,13,16-17,19,21H,9-12H2,1-4H3. The molecule has 0 bridgehead atoms. The summed E-state index contributed by atoms with van der Waals surface area (Å²) in [7, 11) is 4.97. The van der Waals surface area contributed by atoms with Crippen molar-refractivity contribution in [2.45, 2.75) is 25.4 Å². The summed E-state index contributed by atoms with van der Waals surface area (Å²) in [6, 6.07) is 7.17. The highest BCUT2D eigenvalue weighted by Crippen LogP contribution is 2.37. The number of hydrogen-bond acceptors (Lipinski definition) is 7. The molecule has 1 N–H and O–H groups in total. The van der Waals surface area contributed by atoms with E-state index in [9.17, 15) is 9.59 Å². The fourth-order valence-electron chi connectivity index (χ4n) is 4.66. The van der Waals surface area contributed by atoms with Crippen LogP contribution in [0.25, 0.3) is 0 Å². The van der Waals surface area contributed by atoms with E-state index < -0.39 is 6.04 Å². The Labute approximate surface area is 171 Å². The second-order valence-electron chi connectivity index (χ2n) is 7.93. The van der Waals surface area contributed by atoms with E-state index in [1.54, 1.807) is 26.2 Å². The number of rotatable bonds is 5. The number of amides is 3. The molecule has 158 valence electrons. The highest BCUT2D eigenvalue weighted by molar-refractivity contribution is 6.00. The van der Waals surface area contributed by atoms with Gasteiger partial charge in [0.15, 0.2) is 0 Å². The molecule has 0 radical (unpaired) electrons. The van der Waals surface area contributed by atoms with Crippen molar-refractivity contribution >= 4 is 17.6 Å². The first-order valence-corrected chi connectivity index (χ1v) is 9.96. The molecule has 3 heterocycles. The van der Waals surface area contributed by atoms with Gasteiger partial charge in [-0.3, -0.25) is 19.9 Å². The van der Waals surface area contributed by atoms with Crippen molar-refractivity contribution in [3.05, 3.63) is 24.3 Å². The first-order valence-electron chi connectivity index (χ1n) is 9.96. The third-order valence-corrected chi connectivity index (χ3v) is 6.00. The van der Waals surface area contributed by atoms with Crippen molar-refractivity contribution in [1.82, 2.24) is 20.0 Å². The van der Waals surface area contributed by atoms with E-state index in [2.05, 4.69) is 22.0 Å². The lowest BCUT2D eigenvalue weighted by Crippen LogP contribution is -2.67. The van der Waals surface area contributed by atoms with Gasteiger partial charge in [-0.05, 0) is 18.1 Å². The summed E-state index contributed by atoms with van der Waals surface area (Å²) >= 11 is 0. The van der Waals surface area contributed by atoms with Crippen LogP contribution in [0.1, 0.15) is 6.92 Å². The molecule has 3 fully saturated rings. The number of hydrogen-bond donors (Lipinski definition) is 1. The van der Waals surface area contributed by atoms with E-state index in [0.717, 1.165) is 24.5 Å². The number of anilines is 1. The van der Waals surface area contributed by atoms with Gasteiger partial charge in [-0.25, -0.2) is 4.79 Å². The van der Waals surface area contributed by atoms with Crippen molar-refractivity contribution in [2.75, 3.05) is 52.4 Å². The molecule has 3 amide bonds. The number of likely N-dealkylation sites (N-methyl/N-ethyl adjacent to an activating group) is 1. The first-order chi connectivity index (χ1) is 14.0. The van der Waals surface area contributed by atoms with Crippen LogP contribution in [0.2, 0.25) is 0 Å². The fourth-order valence-corrected chi connectivity index (χ4v) is 4.66. The van der Waals surface area contributed by atoms with Gasteiger partial charge in [0.2, 0.25) is 0 Å². The number of nitrogens with zero attached hydrogens (tertiary/aromatic N) is 4. The molecule has 4 unspecified atom stereocenters. The average Bonchev–Trinajstić information content (AvgIpc) is 3.11. The zero-order valence-corrected chi connectivity index (χ0v) is 17.4. The number of methoxy groups -OCH3 is 2. The van der Waals surface area contributed by atoms with E-state index in [0.29, 0.717) is 12.5 Å². The second-order valence-corrected chi connectivity index (χ2v) is 7.93. The zero-order valence-electron chi connectivity index (χ0n) is 17.4. The minimum Gasteiger partial charge on any atom is -0.495 e. The van der Waals surface area contributed by atoms with Crippen LogP contribution in [0, 0.1) is 5.92 Å². The molecule has 1 aromatic rings. The molecule has 29 heavy (non-hydrogen) atoms. The molecule has 0 aromatic heterocycles. The summed E-state index contributed by atoms with van der Waals surface area (Å²) in [6.45, 7) is 4.36. The Hall–Kier alpha value is -2.36. The molecule has 0 saturated carbocycles. The molecule has 0 spiro atoms. The molecule has 4 rings (SSSR count). The van der Waals surface area contributed by atoms with Crippen molar-refractivity contribution < 1.29 is 19.1 Å². The van der Waals surface area contributed by atoms with Crippen molar-refractivity contribution in [3.63, 3.8) is 0 Å². The summed E-state index contributed by atoms with van der Waals surface area (Å²) in [4.78, 5) is 33.4. The molecule has 4 atom stereocenters. The first kappa shape index (κ1) is 19.9. The Morgan fingerprint density at radius 1 is 1.17 bits per heavy atom. The molecule has 0 aliphatic carbocycles. The van der Waals surface area contributed by atoms with Crippen LogP contribution < -0.4 is 15.0 Å². The molecule has 3 saturated heterocycles. The van der Waals surface area contributed by atoms with Crippen molar-refractivity contribution in [3.8, 4) is 5.75 Å². The number of fused-ring (bicyclic) bond motifs is 3. The Kier molecular flexibility index (Phi) is 5.37. The average molecular weight is 403 g/mol. The molecular weight excluding hydrogens is 374 g/mol. The van der Waals surface area contributed by atoms with E-state index >= 15 is 0 Å². The molecule has 3 aliphatic rings. The lowest BCUT2D eigenvalue weighted by atomic mass is 10.0. The number of carbonyl (C=O) groups is 2. The molecule has 1 aromatic carbocycles. The van der Waals surface area contributed by atoms with Crippen LogP contribution in [0.3, 0.4) is 0 Å². The number of imide groups is 1. The van der Waals surface area contributed by atoms with Crippen LogP contribution in [0.15, 0.2) is 24.3 Å². The van der Waals surface area contributed by atoms with Crippen molar-refractivity contribution in [2.24, 2.45) is 5.92 Å². The quantitative estimate of drug-likeness (QED) is 0.770. The van der Waals surface area contributed by atoms with Gasteiger partial charge in [0.1, 0.15) is 24.2 Å². The van der Waals surface area contributed by atoms with Gasteiger partial charge >= 0.3 is 6.03 Å². The Morgan fingerprint density at radius 2 is 1.93 bits per heavy atom. The maximum Gasteiger partial charge on any atom is 0.327 e. The van der Waals surface area contributed by atoms with E-state index in [4.69, 9.17) is 9.47 Å². The van der Waals surface area contributed by atoms with Gasteiger partial charge in [0.05, 0.1) is 25.9 Å². The molecular formula is C20H29N5O4. The summed E-state index contributed by atoms with van der Waals surface area (Å²) in [6.07, 6.45) is -0.569. The number of nitrogens with one attached hydrogen (secondary N) is 1. The summed E-state index contributed by atoms with van der Waals surface area (Å²) < 4.78 is 10.7. The number of para-hydroxylation sites is 2. The van der Waals surface area contributed by atoms with E-state index in [1.165, 1.54) is 4.90 Å². The minimum absolute atomic E-state index is 0.167. The lowest BCUT2D eigenvalue weighted by molar-refractivity contribution is -0.139. The summed E-state index contributed by atoms with van der Waals surface area (Å²) in [5.74, 6) is 0.967. The predicted molar refractivity (Wildman–Crippen MR) is 107 cm³/mol. The predicted octanol–water partition coefficient (Wildman–Crippen LogP) is 0.575. The summed E-state index contributed by atoms with van der Waals surface area (Å²) in [5.41, 5.74) is 0.973. The van der Waals surface area contributed by atoms with Gasteiger partial charge in [0, 0.05) is 27.2 Å².